The number of alkyl halides is 3. The molecule has 132 valence electrons. The number of ether oxygens (including phenoxy) is 2. The van der Waals surface area contributed by atoms with E-state index in [-0.39, 0.29) is 12.0 Å². The number of hydrogen-bond donors (Lipinski definition) is 1. The molecule has 0 radical (unpaired) electrons. The van der Waals surface area contributed by atoms with E-state index in [4.69, 9.17) is 4.74 Å². The van der Waals surface area contributed by atoms with Crippen LogP contribution in [0.3, 0.4) is 0 Å². The van der Waals surface area contributed by atoms with Gasteiger partial charge in [-0.05, 0) is 24.5 Å². The molecule has 8 heteroatoms. The molecule has 2 rings (SSSR count). The Kier molecular flexibility index (Phi) is 5.82. The third kappa shape index (κ3) is 4.47. The minimum absolute atomic E-state index is 0.0898. The summed E-state index contributed by atoms with van der Waals surface area (Å²) in [5.41, 5.74) is -0.932. The van der Waals surface area contributed by atoms with E-state index in [1.54, 1.807) is 0 Å². The van der Waals surface area contributed by atoms with E-state index in [1.165, 1.54) is 18.2 Å². The number of carbonyl (C=O) groups excluding carboxylic acids is 2. The maximum Gasteiger partial charge on any atom is 0.416 e. The third-order valence-corrected chi connectivity index (χ3v) is 3.77. The predicted octanol–water partition coefficient (Wildman–Crippen LogP) is 2.08. The molecule has 2 atom stereocenters. The molecule has 0 aromatic heterocycles. The van der Waals surface area contributed by atoms with Gasteiger partial charge in [-0.1, -0.05) is 18.2 Å². The minimum atomic E-state index is -4.55. The van der Waals surface area contributed by atoms with Gasteiger partial charge in [-0.3, -0.25) is 4.79 Å². The van der Waals surface area contributed by atoms with Crippen LogP contribution in [-0.4, -0.2) is 37.7 Å². The Labute approximate surface area is 137 Å². The van der Waals surface area contributed by atoms with Crippen LogP contribution in [-0.2, 0) is 31.7 Å². The summed E-state index contributed by atoms with van der Waals surface area (Å²) in [7, 11) is 1.11. The molecular formula is C16H18F3NO4. The van der Waals surface area contributed by atoms with Crippen LogP contribution in [0.2, 0.25) is 0 Å². The minimum Gasteiger partial charge on any atom is -0.467 e. The van der Waals surface area contributed by atoms with E-state index in [2.05, 4.69) is 10.1 Å². The molecule has 1 aromatic rings. The van der Waals surface area contributed by atoms with E-state index >= 15 is 0 Å². The van der Waals surface area contributed by atoms with E-state index in [1.807, 2.05) is 0 Å². The first kappa shape index (κ1) is 18.3. The Bertz CT molecular complexity index is 597. The van der Waals surface area contributed by atoms with Crippen molar-refractivity contribution in [2.45, 2.75) is 37.6 Å². The maximum absolute atomic E-state index is 13.1. The summed E-state index contributed by atoms with van der Waals surface area (Å²) in [5, 5.41) is 2.43. The van der Waals surface area contributed by atoms with E-state index < -0.39 is 35.8 Å². The quantitative estimate of drug-likeness (QED) is 0.830. The number of carbonyl (C=O) groups is 2. The van der Waals surface area contributed by atoms with Gasteiger partial charge >= 0.3 is 12.1 Å². The van der Waals surface area contributed by atoms with Crippen LogP contribution >= 0.6 is 0 Å². The van der Waals surface area contributed by atoms with Crippen molar-refractivity contribution in [2.75, 3.05) is 13.7 Å². The summed E-state index contributed by atoms with van der Waals surface area (Å²) >= 11 is 0. The molecule has 1 N–H and O–H groups in total. The Balaban J connectivity index is 2.18. The molecule has 0 saturated carbocycles. The highest BCUT2D eigenvalue weighted by atomic mass is 19.4. The van der Waals surface area contributed by atoms with Crippen molar-refractivity contribution in [3.8, 4) is 0 Å². The fourth-order valence-corrected chi connectivity index (χ4v) is 2.58. The lowest BCUT2D eigenvalue weighted by Gasteiger charge is -2.20. The molecule has 1 amide bonds. The molecule has 0 unspecified atom stereocenters. The first-order valence-electron chi connectivity index (χ1n) is 7.48. The number of nitrogens with one attached hydrogen (secondary N) is 1. The van der Waals surface area contributed by atoms with E-state index in [9.17, 15) is 22.8 Å². The summed E-state index contributed by atoms with van der Waals surface area (Å²) in [6.07, 6.45) is -4.32. The average Bonchev–Trinajstić information content (AvgIpc) is 3.07. The van der Waals surface area contributed by atoms with Crippen molar-refractivity contribution in [1.29, 1.82) is 0 Å². The Morgan fingerprint density at radius 2 is 2.08 bits per heavy atom. The van der Waals surface area contributed by atoms with E-state index in [0.717, 1.165) is 19.6 Å². The lowest BCUT2D eigenvalue weighted by atomic mass is 9.99. The van der Waals surface area contributed by atoms with Gasteiger partial charge in [-0.2, -0.15) is 13.2 Å². The van der Waals surface area contributed by atoms with Crippen LogP contribution in [0.1, 0.15) is 24.0 Å². The van der Waals surface area contributed by atoms with Gasteiger partial charge in [0.2, 0.25) is 5.91 Å². The molecule has 1 saturated heterocycles. The van der Waals surface area contributed by atoms with Gasteiger partial charge in [0.1, 0.15) is 12.1 Å². The number of rotatable bonds is 5. The molecule has 0 bridgehead atoms. The zero-order valence-electron chi connectivity index (χ0n) is 13.1. The molecule has 1 fully saturated rings. The Hall–Kier alpha value is -2.09. The van der Waals surface area contributed by atoms with Crippen LogP contribution in [0.4, 0.5) is 13.2 Å². The molecule has 1 aliphatic rings. The zero-order valence-corrected chi connectivity index (χ0v) is 13.1. The highest BCUT2D eigenvalue weighted by Gasteiger charge is 2.35. The first-order chi connectivity index (χ1) is 11.3. The molecule has 1 heterocycles. The standard InChI is InChI=1S/C16H18F3NO4/c1-23-15(22)12(20-14(21)13-7-4-8-24-13)9-10-5-2-3-6-11(10)16(17,18)19/h2-3,5-6,12-13H,4,7-9H2,1H3,(H,20,21)/t12-,13+/m0/s1. The monoisotopic (exact) mass is 345 g/mol. The number of amides is 1. The molecule has 24 heavy (non-hydrogen) atoms. The molecule has 0 aliphatic carbocycles. The summed E-state index contributed by atoms with van der Waals surface area (Å²) < 4.78 is 49.0. The fourth-order valence-electron chi connectivity index (χ4n) is 2.58. The zero-order chi connectivity index (χ0) is 17.7. The summed E-state index contributed by atoms with van der Waals surface area (Å²) in [4.78, 5) is 24.0. The molecule has 5 nitrogen and oxygen atoms in total. The Morgan fingerprint density at radius 3 is 2.67 bits per heavy atom. The van der Waals surface area contributed by atoms with Gasteiger partial charge in [0, 0.05) is 13.0 Å². The van der Waals surface area contributed by atoms with Crippen LogP contribution in [0, 0.1) is 0 Å². The average molecular weight is 345 g/mol. The van der Waals surface area contributed by atoms with Gasteiger partial charge in [-0.15, -0.1) is 0 Å². The van der Waals surface area contributed by atoms with Gasteiger partial charge in [0.15, 0.2) is 0 Å². The fraction of sp³-hybridized carbons (Fsp3) is 0.500. The second-order valence-electron chi connectivity index (χ2n) is 5.45. The van der Waals surface area contributed by atoms with Gasteiger partial charge in [0.05, 0.1) is 12.7 Å². The van der Waals surface area contributed by atoms with Crippen LogP contribution < -0.4 is 5.32 Å². The third-order valence-electron chi connectivity index (χ3n) is 3.77. The summed E-state index contributed by atoms with van der Waals surface area (Å²) in [6.45, 7) is 0.442. The number of esters is 1. The van der Waals surface area contributed by atoms with Crippen molar-refractivity contribution in [3.05, 3.63) is 35.4 Å². The van der Waals surface area contributed by atoms with Crippen LogP contribution in [0.25, 0.3) is 0 Å². The number of methoxy groups -OCH3 is 1. The van der Waals surface area contributed by atoms with Gasteiger partial charge in [-0.25, -0.2) is 4.79 Å². The van der Waals surface area contributed by atoms with Gasteiger partial charge in [0.25, 0.3) is 0 Å². The smallest absolute Gasteiger partial charge is 0.416 e. The Morgan fingerprint density at radius 1 is 1.38 bits per heavy atom. The predicted molar refractivity (Wildman–Crippen MR) is 78.1 cm³/mol. The number of hydrogen-bond acceptors (Lipinski definition) is 4. The highest BCUT2D eigenvalue weighted by molar-refractivity contribution is 5.87. The molecule has 1 aliphatic heterocycles. The van der Waals surface area contributed by atoms with Crippen molar-refractivity contribution < 1.29 is 32.2 Å². The van der Waals surface area contributed by atoms with E-state index in [0.29, 0.717) is 13.0 Å². The molecule has 0 spiro atoms. The normalized spacial score (nSPS) is 18.9. The van der Waals surface area contributed by atoms with Crippen molar-refractivity contribution in [3.63, 3.8) is 0 Å². The lowest BCUT2D eigenvalue weighted by Crippen LogP contribution is -2.47. The summed E-state index contributed by atoms with van der Waals surface area (Å²) in [5.74, 6) is -1.33. The SMILES string of the molecule is COC(=O)[C@H](Cc1ccccc1C(F)(F)F)NC(=O)[C@H]1CCCO1. The van der Waals surface area contributed by atoms with Gasteiger partial charge < -0.3 is 14.8 Å². The summed E-state index contributed by atoms with van der Waals surface area (Å²) in [6, 6.07) is 3.71. The van der Waals surface area contributed by atoms with Crippen molar-refractivity contribution >= 4 is 11.9 Å². The highest BCUT2D eigenvalue weighted by Crippen LogP contribution is 2.32. The maximum atomic E-state index is 13.1. The second-order valence-corrected chi connectivity index (χ2v) is 5.45. The second kappa shape index (κ2) is 7.65. The number of halogens is 3. The number of benzene rings is 1. The molecular weight excluding hydrogens is 327 g/mol. The van der Waals surface area contributed by atoms with Crippen LogP contribution in [0.5, 0.6) is 0 Å². The largest absolute Gasteiger partial charge is 0.467 e. The molecule has 1 aromatic carbocycles. The lowest BCUT2D eigenvalue weighted by molar-refractivity contribution is -0.147. The topological polar surface area (TPSA) is 64.6 Å². The van der Waals surface area contributed by atoms with Crippen molar-refractivity contribution in [1.82, 2.24) is 5.32 Å². The first-order valence-corrected chi connectivity index (χ1v) is 7.48. The van der Waals surface area contributed by atoms with Crippen molar-refractivity contribution in [2.24, 2.45) is 0 Å². The van der Waals surface area contributed by atoms with Crippen LogP contribution in [0.15, 0.2) is 24.3 Å².